The van der Waals surface area contributed by atoms with E-state index in [0.29, 0.717) is 0 Å². The van der Waals surface area contributed by atoms with Gasteiger partial charge in [0.2, 0.25) is 0 Å². The number of aryl methyl sites for hydroxylation is 1. The number of nitrogens with zero attached hydrogens (tertiary/aromatic N) is 2. The van der Waals surface area contributed by atoms with E-state index < -0.39 is 5.79 Å². The quantitative estimate of drug-likeness (QED) is 0.643. The molecule has 3 heteroatoms. The molecular formula is C8H9N3. The largest absolute Gasteiger partial charge is 0.282 e. The monoisotopic (exact) mass is 147 g/mol. The van der Waals surface area contributed by atoms with Crippen LogP contribution in [0, 0.1) is 6.92 Å². The summed E-state index contributed by atoms with van der Waals surface area (Å²) in [6.45, 7) is 2.02. The molecule has 0 saturated carbocycles. The van der Waals surface area contributed by atoms with Crippen LogP contribution in [0.3, 0.4) is 0 Å². The Kier molecular flexibility index (Phi) is 1.11. The second-order valence-electron chi connectivity index (χ2n) is 2.80. The summed E-state index contributed by atoms with van der Waals surface area (Å²) < 4.78 is 0. The minimum atomic E-state index is -0.716. The van der Waals surface area contributed by atoms with Crippen molar-refractivity contribution in [3.8, 4) is 0 Å². The Bertz CT molecular complexity index is 311. The molecule has 1 aromatic carbocycles. The fourth-order valence-corrected chi connectivity index (χ4v) is 1.04. The summed E-state index contributed by atoms with van der Waals surface area (Å²) in [5.41, 5.74) is 7.86. The molecule has 11 heavy (non-hydrogen) atoms. The second-order valence-corrected chi connectivity index (χ2v) is 2.80. The standard InChI is InChI=1S/C8H9N3/c1-6-3-2-4-7(5-6)8(9)10-11-8/h2-5H,9H2,1H3. The van der Waals surface area contributed by atoms with Crippen LogP contribution >= 0.6 is 0 Å². The number of nitrogens with two attached hydrogens (primary N) is 1. The first-order valence-corrected chi connectivity index (χ1v) is 3.51. The van der Waals surface area contributed by atoms with Gasteiger partial charge in [0.25, 0.3) is 5.79 Å². The van der Waals surface area contributed by atoms with Crippen molar-refractivity contribution in [2.24, 2.45) is 16.0 Å². The van der Waals surface area contributed by atoms with Crippen LogP contribution in [0.15, 0.2) is 34.5 Å². The molecule has 1 aromatic rings. The highest BCUT2D eigenvalue weighted by atomic mass is 15.5. The molecule has 0 aliphatic carbocycles. The fraction of sp³-hybridized carbons (Fsp3) is 0.250. The molecule has 0 fully saturated rings. The van der Waals surface area contributed by atoms with Crippen molar-refractivity contribution in [1.29, 1.82) is 0 Å². The molecule has 0 amide bonds. The predicted molar refractivity (Wildman–Crippen MR) is 41.9 cm³/mol. The van der Waals surface area contributed by atoms with E-state index in [4.69, 9.17) is 5.73 Å². The van der Waals surface area contributed by atoms with Gasteiger partial charge >= 0.3 is 0 Å². The first-order valence-electron chi connectivity index (χ1n) is 3.51. The van der Waals surface area contributed by atoms with Crippen LogP contribution in [0.2, 0.25) is 0 Å². The second kappa shape index (κ2) is 1.89. The molecule has 1 aliphatic rings. The molecular weight excluding hydrogens is 138 g/mol. The van der Waals surface area contributed by atoms with Crippen LogP contribution in [0.4, 0.5) is 0 Å². The molecule has 0 radical (unpaired) electrons. The first kappa shape index (κ1) is 6.49. The zero-order valence-electron chi connectivity index (χ0n) is 6.28. The Morgan fingerprint density at radius 1 is 1.36 bits per heavy atom. The average molecular weight is 147 g/mol. The third kappa shape index (κ3) is 1.03. The normalized spacial score (nSPS) is 18.4. The summed E-state index contributed by atoms with van der Waals surface area (Å²) >= 11 is 0. The van der Waals surface area contributed by atoms with Crippen LogP contribution in [-0.2, 0) is 5.79 Å². The van der Waals surface area contributed by atoms with Gasteiger partial charge in [-0.1, -0.05) is 29.8 Å². The van der Waals surface area contributed by atoms with Crippen molar-refractivity contribution in [3.63, 3.8) is 0 Å². The zero-order chi connectivity index (χ0) is 7.90. The summed E-state index contributed by atoms with van der Waals surface area (Å²) in [5, 5.41) is 7.50. The maximum Gasteiger partial charge on any atom is 0.266 e. The van der Waals surface area contributed by atoms with E-state index in [-0.39, 0.29) is 0 Å². The summed E-state index contributed by atoms with van der Waals surface area (Å²) in [4.78, 5) is 0. The molecule has 1 heterocycles. The topological polar surface area (TPSA) is 50.7 Å². The minimum Gasteiger partial charge on any atom is -0.282 e. The van der Waals surface area contributed by atoms with Crippen molar-refractivity contribution in [2.75, 3.05) is 0 Å². The number of hydrogen-bond acceptors (Lipinski definition) is 3. The Morgan fingerprint density at radius 2 is 2.09 bits per heavy atom. The van der Waals surface area contributed by atoms with Crippen LogP contribution in [-0.4, -0.2) is 0 Å². The smallest absolute Gasteiger partial charge is 0.266 e. The lowest BCUT2D eigenvalue weighted by atomic mass is 10.1. The number of rotatable bonds is 1. The Labute approximate surface area is 64.9 Å². The summed E-state index contributed by atoms with van der Waals surface area (Å²) in [7, 11) is 0. The van der Waals surface area contributed by atoms with Gasteiger partial charge in [-0.05, 0) is 6.92 Å². The Balaban J connectivity index is 2.39. The maximum atomic E-state index is 5.70. The Hall–Kier alpha value is -1.22. The van der Waals surface area contributed by atoms with Gasteiger partial charge in [-0.25, -0.2) is 0 Å². The van der Waals surface area contributed by atoms with E-state index in [1.165, 1.54) is 5.56 Å². The molecule has 0 bridgehead atoms. The lowest BCUT2D eigenvalue weighted by molar-refractivity contribution is 0.684. The van der Waals surface area contributed by atoms with Gasteiger partial charge < -0.3 is 0 Å². The van der Waals surface area contributed by atoms with Gasteiger partial charge in [0.15, 0.2) is 0 Å². The molecule has 3 nitrogen and oxygen atoms in total. The lowest BCUT2D eigenvalue weighted by Crippen LogP contribution is -2.20. The van der Waals surface area contributed by atoms with E-state index in [1.807, 2.05) is 31.2 Å². The molecule has 1 aliphatic heterocycles. The highest BCUT2D eigenvalue weighted by Crippen LogP contribution is 2.33. The predicted octanol–water partition coefficient (Wildman–Crippen LogP) is 1.53. The molecule has 2 rings (SSSR count). The maximum absolute atomic E-state index is 5.70. The highest BCUT2D eigenvalue weighted by Gasteiger charge is 2.36. The van der Waals surface area contributed by atoms with Crippen molar-refractivity contribution in [1.82, 2.24) is 0 Å². The van der Waals surface area contributed by atoms with Crippen LogP contribution in [0.5, 0.6) is 0 Å². The van der Waals surface area contributed by atoms with Gasteiger partial charge in [-0.3, -0.25) is 5.73 Å². The van der Waals surface area contributed by atoms with E-state index in [2.05, 4.69) is 10.2 Å². The molecule has 2 N–H and O–H groups in total. The molecule has 0 atom stereocenters. The van der Waals surface area contributed by atoms with E-state index in [9.17, 15) is 0 Å². The summed E-state index contributed by atoms with van der Waals surface area (Å²) in [6.07, 6.45) is 0. The third-order valence-electron chi connectivity index (χ3n) is 1.76. The first-order chi connectivity index (χ1) is 5.21. The lowest BCUT2D eigenvalue weighted by Gasteiger charge is -2.03. The zero-order valence-corrected chi connectivity index (χ0v) is 6.28. The van der Waals surface area contributed by atoms with Crippen LogP contribution < -0.4 is 5.73 Å². The summed E-state index contributed by atoms with van der Waals surface area (Å²) in [6, 6.07) is 7.92. The molecule has 0 spiro atoms. The number of hydrogen-bond donors (Lipinski definition) is 1. The minimum absolute atomic E-state index is 0.716. The highest BCUT2D eigenvalue weighted by molar-refractivity contribution is 5.29. The van der Waals surface area contributed by atoms with Crippen molar-refractivity contribution >= 4 is 0 Å². The van der Waals surface area contributed by atoms with Gasteiger partial charge in [0.1, 0.15) is 0 Å². The van der Waals surface area contributed by atoms with E-state index in [1.54, 1.807) is 0 Å². The summed E-state index contributed by atoms with van der Waals surface area (Å²) in [5.74, 6) is -0.716. The number of benzene rings is 1. The van der Waals surface area contributed by atoms with Gasteiger partial charge in [0, 0.05) is 5.56 Å². The van der Waals surface area contributed by atoms with Gasteiger partial charge in [0.05, 0.1) is 0 Å². The fourth-order valence-electron chi connectivity index (χ4n) is 1.04. The SMILES string of the molecule is Cc1cccc(C2(N)N=N2)c1. The molecule has 56 valence electrons. The van der Waals surface area contributed by atoms with Gasteiger partial charge in [-0.2, -0.15) is 0 Å². The molecule has 0 unspecified atom stereocenters. The van der Waals surface area contributed by atoms with E-state index >= 15 is 0 Å². The molecule has 0 aromatic heterocycles. The van der Waals surface area contributed by atoms with Crippen molar-refractivity contribution in [3.05, 3.63) is 35.4 Å². The van der Waals surface area contributed by atoms with Crippen molar-refractivity contribution < 1.29 is 0 Å². The van der Waals surface area contributed by atoms with Crippen LogP contribution in [0.1, 0.15) is 11.1 Å². The van der Waals surface area contributed by atoms with Crippen molar-refractivity contribution in [2.45, 2.75) is 12.7 Å². The third-order valence-corrected chi connectivity index (χ3v) is 1.76. The average Bonchev–Trinajstić information content (AvgIpc) is 2.70. The molecule has 0 saturated heterocycles. The Morgan fingerprint density at radius 3 is 2.64 bits per heavy atom. The van der Waals surface area contributed by atoms with E-state index in [0.717, 1.165) is 5.56 Å². The van der Waals surface area contributed by atoms with Gasteiger partial charge in [-0.15, -0.1) is 10.2 Å². The van der Waals surface area contributed by atoms with Crippen LogP contribution in [0.25, 0.3) is 0 Å².